The molecule has 0 fully saturated rings. The number of hydrogen-bond donors (Lipinski definition) is 0. The molecule has 0 aliphatic rings. The Morgan fingerprint density at radius 2 is 2.27 bits per heavy atom. The Kier molecular flexibility index (Phi) is 2.36. The Bertz CT molecular complexity index is 533. The van der Waals surface area contributed by atoms with Crippen molar-refractivity contribution in [2.24, 2.45) is 0 Å². The summed E-state index contributed by atoms with van der Waals surface area (Å²) in [6, 6.07) is 3.46. The highest BCUT2D eigenvalue weighted by Crippen LogP contribution is 2.18. The highest BCUT2D eigenvalue weighted by Gasteiger charge is 2.17. The Hall–Kier alpha value is -1.55. The monoisotopic (exact) mass is 224 g/mol. The molecular formula is C10H9ClN2O2. The lowest BCUT2D eigenvalue weighted by molar-refractivity contribution is 0.0602. The summed E-state index contributed by atoms with van der Waals surface area (Å²) < 4.78 is 6.26. The third kappa shape index (κ3) is 1.57. The van der Waals surface area contributed by atoms with E-state index < -0.39 is 0 Å². The van der Waals surface area contributed by atoms with Crippen LogP contribution in [0.25, 0.3) is 5.52 Å². The molecule has 0 atom stereocenters. The molecule has 0 aliphatic carbocycles. The van der Waals surface area contributed by atoms with Gasteiger partial charge in [-0.3, -0.25) is 0 Å². The molecule has 78 valence electrons. The highest BCUT2D eigenvalue weighted by atomic mass is 35.5. The van der Waals surface area contributed by atoms with Crippen LogP contribution in [0, 0.1) is 6.92 Å². The fraction of sp³-hybridized carbons (Fsp3) is 0.200. The lowest BCUT2D eigenvalue weighted by atomic mass is 10.2. The van der Waals surface area contributed by atoms with Gasteiger partial charge in [-0.15, -0.1) is 0 Å². The molecular weight excluding hydrogens is 216 g/mol. The zero-order valence-corrected chi connectivity index (χ0v) is 9.08. The van der Waals surface area contributed by atoms with Gasteiger partial charge in [0.1, 0.15) is 5.56 Å². The second-order valence-corrected chi connectivity index (χ2v) is 3.57. The van der Waals surface area contributed by atoms with E-state index in [1.807, 2.05) is 0 Å². The van der Waals surface area contributed by atoms with Crippen LogP contribution in [-0.4, -0.2) is 22.7 Å². The van der Waals surface area contributed by atoms with Crippen molar-refractivity contribution in [3.63, 3.8) is 0 Å². The number of carbonyl (C=O) groups excluding carboxylic acids is 1. The number of hydrogen-bond acceptors (Lipinski definition) is 3. The summed E-state index contributed by atoms with van der Waals surface area (Å²) in [6.45, 7) is 1.76. The van der Waals surface area contributed by atoms with Gasteiger partial charge in [-0.2, -0.15) is 5.10 Å². The number of esters is 1. The lowest BCUT2D eigenvalue weighted by Crippen LogP contribution is -2.02. The van der Waals surface area contributed by atoms with E-state index in [2.05, 4.69) is 9.84 Å². The Balaban J connectivity index is 2.73. The molecule has 0 saturated heterocycles. The molecule has 4 nitrogen and oxygen atoms in total. The van der Waals surface area contributed by atoms with E-state index in [9.17, 15) is 4.79 Å². The molecule has 15 heavy (non-hydrogen) atoms. The van der Waals surface area contributed by atoms with Gasteiger partial charge in [-0.1, -0.05) is 11.6 Å². The first-order valence-electron chi connectivity index (χ1n) is 4.36. The molecule has 0 saturated carbocycles. The van der Waals surface area contributed by atoms with Crippen LogP contribution in [0.2, 0.25) is 5.02 Å². The van der Waals surface area contributed by atoms with E-state index >= 15 is 0 Å². The maximum absolute atomic E-state index is 11.5. The quantitative estimate of drug-likeness (QED) is 0.697. The third-order valence-corrected chi connectivity index (χ3v) is 2.38. The number of halogens is 1. The number of nitrogens with zero attached hydrogens (tertiary/aromatic N) is 2. The van der Waals surface area contributed by atoms with Crippen molar-refractivity contribution in [1.29, 1.82) is 0 Å². The summed E-state index contributed by atoms with van der Waals surface area (Å²) in [5, 5.41) is 4.75. The van der Waals surface area contributed by atoms with Gasteiger partial charge in [0.25, 0.3) is 0 Å². The molecule has 0 aliphatic heterocycles. The number of aromatic nitrogens is 2. The first kappa shape index (κ1) is 9.98. The van der Waals surface area contributed by atoms with Crippen molar-refractivity contribution in [3.8, 4) is 0 Å². The zero-order chi connectivity index (χ0) is 11.0. The molecule has 0 radical (unpaired) electrons. The number of carbonyl (C=O) groups is 1. The van der Waals surface area contributed by atoms with Crippen molar-refractivity contribution in [2.45, 2.75) is 6.92 Å². The van der Waals surface area contributed by atoms with Gasteiger partial charge in [0.05, 0.1) is 23.3 Å². The summed E-state index contributed by atoms with van der Waals surface area (Å²) in [6.07, 6.45) is 1.65. The van der Waals surface area contributed by atoms with Crippen molar-refractivity contribution >= 4 is 23.1 Å². The Labute approximate surface area is 91.4 Å². The summed E-state index contributed by atoms with van der Waals surface area (Å²) in [5.74, 6) is -0.384. The number of ether oxygens (including phenoxy) is 1. The predicted molar refractivity (Wildman–Crippen MR) is 56.3 cm³/mol. The first-order valence-corrected chi connectivity index (χ1v) is 4.74. The summed E-state index contributed by atoms with van der Waals surface area (Å²) in [7, 11) is 1.35. The van der Waals surface area contributed by atoms with Crippen LogP contribution >= 0.6 is 11.6 Å². The minimum Gasteiger partial charge on any atom is -0.465 e. The van der Waals surface area contributed by atoms with Crippen LogP contribution in [-0.2, 0) is 4.74 Å². The third-order valence-electron chi connectivity index (χ3n) is 2.16. The van der Waals surface area contributed by atoms with E-state index in [1.54, 1.807) is 29.8 Å². The van der Waals surface area contributed by atoms with E-state index in [0.717, 1.165) is 0 Å². The average Bonchev–Trinajstić information content (AvgIpc) is 2.52. The van der Waals surface area contributed by atoms with Gasteiger partial charge in [0.2, 0.25) is 0 Å². The second kappa shape index (κ2) is 3.55. The Morgan fingerprint density at radius 3 is 2.93 bits per heavy atom. The molecule has 2 aromatic rings. The molecule has 0 unspecified atom stereocenters. The molecule has 2 rings (SSSR count). The minimum atomic E-state index is -0.384. The van der Waals surface area contributed by atoms with E-state index in [1.165, 1.54) is 7.11 Å². The molecule has 5 heteroatoms. The van der Waals surface area contributed by atoms with E-state index in [0.29, 0.717) is 21.8 Å². The Morgan fingerprint density at radius 1 is 1.53 bits per heavy atom. The summed E-state index contributed by atoms with van der Waals surface area (Å²) in [5.41, 5.74) is 1.81. The first-order chi connectivity index (χ1) is 7.13. The zero-order valence-electron chi connectivity index (χ0n) is 8.32. The van der Waals surface area contributed by atoms with Gasteiger partial charge in [-0.05, 0) is 19.1 Å². The fourth-order valence-corrected chi connectivity index (χ4v) is 1.65. The highest BCUT2D eigenvalue weighted by molar-refractivity contribution is 6.30. The molecule has 0 spiro atoms. The van der Waals surface area contributed by atoms with Gasteiger partial charge >= 0.3 is 5.97 Å². The molecule has 0 N–H and O–H groups in total. The van der Waals surface area contributed by atoms with Crippen LogP contribution in [0.4, 0.5) is 0 Å². The molecule has 2 heterocycles. The van der Waals surface area contributed by atoms with Gasteiger partial charge < -0.3 is 4.74 Å². The van der Waals surface area contributed by atoms with Gasteiger partial charge in [0, 0.05) is 6.20 Å². The molecule has 0 bridgehead atoms. The number of pyridine rings is 1. The molecule has 0 amide bonds. The number of aryl methyl sites for hydroxylation is 1. The van der Waals surface area contributed by atoms with Crippen LogP contribution in [0.5, 0.6) is 0 Å². The van der Waals surface area contributed by atoms with Crippen LogP contribution < -0.4 is 0 Å². The predicted octanol–water partition coefficient (Wildman–Crippen LogP) is 2.08. The fourth-order valence-electron chi connectivity index (χ4n) is 1.50. The normalized spacial score (nSPS) is 10.6. The molecule has 2 aromatic heterocycles. The maximum Gasteiger partial charge on any atom is 0.341 e. The maximum atomic E-state index is 11.5. The average molecular weight is 225 g/mol. The second-order valence-electron chi connectivity index (χ2n) is 3.13. The summed E-state index contributed by atoms with van der Waals surface area (Å²) >= 11 is 5.82. The number of fused-ring (bicyclic) bond motifs is 1. The van der Waals surface area contributed by atoms with Crippen molar-refractivity contribution < 1.29 is 9.53 Å². The van der Waals surface area contributed by atoms with Gasteiger partial charge in [0.15, 0.2) is 0 Å². The summed E-state index contributed by atoms with van der Waals surface area (Å²) in [4.78, 5) is 11.5. The largest absolute Gasteiger partial charge is 0.465 e. The smallest absolute Gasteiger partial charge is 0.341 e. The SMILES string of the molecule is COC(=O)c1c(C)nn2cc(Cl)ccc12. The standard InChI is InChI=1S/C10H9ClN2O2/c1-6-9(10(14)15-2)8-4-3-7(11)5-13(8)12-6/h3-5H,1-2H3. The van der Waals surface area contributed by atoms with Gasteiger partial charge in [-0.25, -0.2) is 9.31 Å². The number of methoxy groups -OCH3 is 1. The van der Waals surface area contributed by atoms with E-state index in [-0.39, 0.29) is 5.97 Å². The van der Waals surface area contributed by atoms with E-state index in [4.69, 9.17) is 11.6 Å². The van der Waals surface area contributed by atoms with Crippen molar-refractivity contribution in [1.82, 2.24) is 9.61 Å². The number of rotatable bonds is 1. The minimum absolute atomic E-state index is 0.384. The van der Waals surface area contributed by atoms with Crippen LogP contribution in [0.1, 0.15) is 16.1 Å². The van der Waals surface area contributed by atoms with Crippen LogP contribution in [0.3, 0.4) is 0 Å². The van der Waals surface area contributed by atoms with Crippen LogP contribution in [0.15, 0.2) is 18.3 Å². The molecule has 0 aromatic carbocycles. The lowest BCUT2D eigenvalue weighted by Gasteiger charge is -1.97. The van der Waals surface area contributed by atoms with Crippen molar-refractivity contribution in [2.75, 3.05) is 7.11 Å². The van der Waals surface area contributed by atoms with Crippen molar-refractivity contribution in [3.05, 3.63) is 34.6 Å². The topological polar surface area (TPSA) is 43.6 Å².